The topological polar surface area (TPSA) is 64.4 Å². The van der Waals surface area contributed by atoms with Crippen LogP contribution in [0.1, 0.15) is 57.8 Å². The van der Waals surface area contributed by atoms with Crippen LogP contribution >= 0.6 is 12.4 Å². The maximum atomic E-state index is 12.4. The molecule has 1 aliphatic heterocycles. The van der Waals surface area contributed by atoms with Gasteiger partial charge in [0.05, 0.1) is 6.04 Å². The van der Waals surface area contributed by atoms with E-state index in [1.165, 1.54) is 38.5 Å². The highest BCUT2D eigenvalue weighted by atomic mass is 35.5. The van der Waals surface area contributed by atoms with Crippen molar-refractivity contribution in [2.75, 3.05) is 13.2 Å². The van der Waals surface area contributed by atoms with Crippen LogP contribution in [0.3, 0.4) is 0 Å². The largest absolute Gasteiger partial charge is 0.381 e. The molecular weight excluding hydrogens is 300 g/mol. The standard InChI is InChI=1S/C17H30N2O2.ClH/c18-16(13-7-9-21-10-8-13)17(20)19-15-6-5-12-3-1-2-4-14(12)11-15;/h12-16H,1-11,18H2,(H,19,20);1H. The molecule has 5 heteroatoms. The van der Waals surface area contributed by atoms with Crippen LogP contribution in [-0.4, -0.2) is 31.2 Å². The van der Waals surface area contributed by atoms with Crippen LogP contribution < -0.4 is 11.1 Å². The molecule has 1 amide bonds. The third kappa shape index (κ3) is 4.36. The highest BCUT2D eigenvalue weighted by Crippen LogP contribution is 2.40. The maximum Gasteiger partial charge on any atom is 0.237 e. The van der Waals surface area contributed by atoms with Gasteiger partial charge in [0.15, 0.2) is 0 Å². The van der Waals surface area contributed by atoms with Gasteiger partial charge >= 0.3 is 0 Å². The molecule has 4 unspecified atom stereocenters. The molecule has 0 aromatic carbocycles. The summed E-state index contributed by atoms with van der Waals surface area (Å²) >= 11 is 0. The number of hydrogen-bond donors (Lipinski definition) is 2. The monoisotopic (exact) mass is 330 g/mol. The van der Waals surface area contributed by atoms with Gasteiger partial charge in [-0.25, -0.2) is 0 Å². The number of carbonyl (C=O) groups is 1. The molecule has 0 radical (unpaired) electrons. The summed E-state index contributed by atoms with van der Waals surface area (Å²) in [7, 11) is 0. The van der Waals surface area contributed by atoms with E-state index in [0.29, 0.717) is 12.0 Å². The number of amides is 1. The smallest absolute Gasteiger partial charge is 0.237 e. The van der Waals surface area contributed by atoms with Gasteiger partial charge in [-0.15, -0.1) is 12.4 Å². The van der Waals surface area contributed by atoms with Crippen molar-refractivity contribution in [1.82, 2.24) is 5.32 Å². The summed E-state index contributed by atoms with van der Waals surface area (Å²) in [4.78, 5) is 12.4. The number of nitrogens with two attached hydrogens (primary N) is 1. The SMILES string of the molecule is Cl.NC(C(=O)NC1CCC2CCCCC2C1)C1CCOCC1. The van der Waals surface area contributed by atoms with Gasteiger partial charge in [-0.2, -0.15) is 0 Å². The molecular formula is C17H31ClN2O2. The molecule has 0 aromatic rings. The van der Waals surface area contributed by atoms with Gasteiger partial charge in [0.2, 0.25) is 5.91 Å². The third-order valence-electron chi connectivity index (χ3n) is 5.96. The Labute approximate surface area is 140 Å². The Bertz CT molecular complexity index is 361. The molecule has 2 aliphatic carbocycles. The van der Waals surface area contributed by atoms with Crippen LogP contribution in [0.5, 0.6) is 0 Å². The average Bonchev–Trinajstić information content (AvgIpc) is 2.55. The Morgan fingerprint density at radius 2 is 1.68 bits per heavy atom. The highest BCUT2D eigenvalue weighted by molar-refractivity contribution is 5.85. The van der Waals surface area contributed by atoms with Crippen LogP contribution in [0, 0.1) is 17.8 Å². The minimum atomic E-state index is -0.349. The maximum absolute atomic E-state index is 12.4. The minimum absolute atomic E-state index is 0. The zero-order chi connectivity index (χ0) is 14.7. The summed E-state index contributed by atoms with van der Waals surface area (Å²) in [5.74, 6) is 2.14. The lowest BCUT2D eigenvalue weighted by molar-refractivity contribution is -0.125. The van der Waals surface area contributed by atoms with Gasteiger partial charge in [-0.1, -0.05) is 25.7 Å². The van der Waals surface area contributed by atoms with Gasteiger partial charge in [-0.3, -0.25) is 4.79 Å². The van der Waals surface area contributed by atoms with Crippen molar-refractivity contribution in [1.29, 1.82) is 0 Å². The fraction of sp³-hybridized carbons (Fsp3) is 0.941. The summed E-state index contributed by atoms with van der Waals surface area (Å²) in [6.45, 7) is 1.50. The van der Waals surface area contributed by atoms with E-state index < -0.39 is 0 Å². The highest BCUT2D eigenvalue weighted by Gasteiger charge is 2.34. The number of nitrogens with one attached hydrogen (secondary N) is 1. The molecule has 2 saturated carbocycles. The zero-order valence-corrected chi connectivity index (χ0v) is 14.3. The predicted octanol–water partition coefficient (Wildman–Crippen LogP) is 2.64. The van der Waals surface area contributed by atoms with E-state index in [4.69, 9.17) is 10.5 Å². The van der Waals surface area contributed by atoms with Crippen LogP contribution in [0.2, 0.25) is 0 Å². The molecule has 3 N–H and O–H groups in total. The number of halogens is 1. The number of ether oxygens (including phenoxy) is 1. The van der Waals surface area contributed by atoms with E-state index in [2.05, 4.69) is 5.32 Å². The Morgan fingerprint density at radius 3 is 2.41 bits per heavy atom. The molecule has 4 atom stereocenters. The molecule has 3 rings (SSSR count). The van der Waals surface area contributed by atoms with E-state index in [9.17, 15) is 4.79 Å². The molecule has 0 spiro atoms. The van der Waals surface area contributed by atoms with Crippen molar-refractivity contribution in [3.8, 4) is 0 Å². The zero-order valence-electron chi connectivity index (χ0n) is 13.5. The van der Waals surface area contributed by atoms with E-state index in [-0.39, 0.29) is 24.4 Å². The normalized spacial score (nSPS) is 34.1. The number of hydrogen-bond acceptors (Lipinski definition) is 3. The Kier molecular flexibility index (Phi) is 6.97. The average molecular weight is 331 g/mol. The lowest BCUT2D eigenvalue weighted by Crippen LogP contribution is -2.51. The third-order valence-corrected chi connectivity index (χ3v) is 5.96. The summed E-state index contributed by atoms with van der Waals surface area (Å²) < 4.78 is 5.35. The van der Waals surface area contributed by atoms with Crippen molar-refractivity contribution in [3.63, 3.8) is 0 Å². The summed E-state index contributed by atoms with van der Waals surface area (Å²) in [6, 6.07) is 0.0146. The van der Waals surface area contributed by atoms with Crippen molar-refractivity contribution in [3.05, 3.63) is 0 Å². The second-order valence-corrected chi connectivity index (χ2v) is 7.30. The summed E-state index contributed by atoms with van der Waals surface area (Å²) in [6.07, 6.45) is 11.0. The van der Waals surface area contributed by atoms with E-state index in [0.717, 1.165) is 44.3 Å². The number of fused-ring (bicyclic) bond motifs is 1. The molecule has 128 valence electrons. The fourth-order valence-corrected chi connectivity index (χ4v) is 4.59. The summed E-state index contributed by atoms with van der Waals surface area (Å²) in [5.41, 5.74) is 6.17. The van der Waals surface area contributed by atoms with Gasteiger partial charge in [0.1, 0.15) is 0 Å². The van der Waals surface area contributed by atoms with Gasteiger partial charge < -0.3 is 15.8 Å². The Hall–Kier alpha value is -0.320. The van der Waals surface area contributed by atoms with E-state index in [1.54, 1.807) is 0 Å². The Morgan fingerprint density at radius 1 is 1.00 bits per heavy atom. The molecule has 1 saturated heterocycles. The van der Waals surface area contributed by atoms with Crippen molar-refractivity contribution in [2.24, 2.45) is 23.5 Å². The first kappa shape index (κ1) is 18.0. The van der Waals surface area contributed by atoms with Crippen LogP contribution in [-0.2, 0) is 9.53 Å². The van der Waals surface area contributed by atoms with Gasteiger partial charge in [-0.05, 0) is 49.9 Å². The fourth-order valence-electron chi connectivity index (χ4n) is 4.59. The first-order valence-corrected chi connectivity index (χ1v) is 8.87. The first-order chi connectivity index (χ1) is 10.2. The quantitative estimate of drug-likeness (QED) is 0.836. The molecule has 3 aliphatic rings. The van der Waals surface area contributed by atoms with E-state index in [1.807, 2.05) is 0 Å². The van der Waals surface area contributed by atoms with Gasteiger partial charge in [0, 0.05) is 19.3 Å². The predicted molar refractivity (Wildman–Crippen MR) is 90.0 cm³/mol. The molecule has 3 fully saturated rings. The van der Waals surface area contributed by atoms with Crippen LogP contribution in [0.4, 0.5) is 0 Å². The summed E-state index contributed by atoms with van der Waals surface area (Å²) in [5, 5.41) is 3.24. The molecule has 0 aromatic heterocycles. The molecule has 4 nitrogen and oxygen atoms in total. The number of rotatable bonds is 3. The number of carbonyl (C=O) groups excluding carboxylic acids is 1. The Balaban J connectivity index is 0.00000176. The second kappa shape index (κ2) is 8.51. The van der Waals surface area contributed by atoms with Crippen LogP contribution in [0.15, 0.2) is 0 Å². The van der Waals surface area contributed by atoms with E-state index >= 15 is 0 Å². The van der Waals surface area contributed by atoms with Crippen molar-refractivity contribution >= 4 is 18.3 Å². The minimum Gasteiger partial charge on any atom is -0.381 e. The molecule has 1 heterocycles. The molecule has 22 heavy (non-hydrogen) atoms. The lowest BCUT2D eigenvalue weighted by Gasteiger charge is -2.40. The van der Waals surface area contributed by atoms with Gasteiger partial charge in [0.25, 0.3) is 0 Å². The van der Waals surface area contributed by atoms with Crippen molar-refractivity contribution in [2.45, 2.75) is 69.9 Å². The molecule has 0 bridgehead atoms. The van der Waals surface area contributed by atoms with Crippen LogP contribution in [0.25, 0.3) is 0 Å². The lowest BCUT2D eigenvalue weighted by atomic mass is 9.69. The second-order valence-electron chi connectivity index (χ2n) is 7.30. The van der Waals surface area contributed by atoms with Crippen molar-refractivity contribution < 1.29 is 9.53 Å². The first-order valence-electron chi connectivity index (χ1n) is 8.87.